The van der Waals surface area contributed by atoms with Gasteiger partial charge in [-0.3, -0.25) is 15.0 Å². The van der Waals surface area contributed by atoms with Gasteiger partial charge in [0.15, 0.2) is 6.04 Å². The maximum absolute atomic E-state index is 13.3. The number of unbranched alkanes of at least 4 members (excludes halogenated alkanes) is 8. The minimum absolute atomic E-state index is 0.165. The molecule has 208 valence electrons. The number of likely N-dealkylation sites (N-methyl/N-ethyl adjacent to an activating group) is 2. The van der Waals surface area contributed by atoms with Gasteiger partial charge in [0, 0.05) is 33.5 Å². The first kappa shape index (κ1) is 29.1. The molecule has 38 heavy (non-hydrogen) atoms. The number of hydrogen-bond acceptors (Lipinski definition) is 8. The number of benzene rings is 1. The number of carboxylic acid groups (broad SMARTS) is 1. The van der Waals surface area contributed by atoms with Gasteiger partial charge in [0.05, 0.1) is 0 Å². The van der Waals surface area contributed by atoms with Crippen molar-refractivity contribution in [2.45, 2.75) is 82.5 Å². The molecule has 0 spiro atoms. The van der Waals surface area contributed by atoms with Crippen LogP contribution in [0.4, 0.5) is 9.59 Å². The molecular formula is C27H39N5O6. The third-order valence-corrected chi connectivity index (χ3v) is 7.32. The molecule has 3 rings (SSSR count). The Morgan fingerprint density at radius 1 is 1.00 bits per heavy atom. The fourth-order valence-corrected chi connectivity index (χ4v) is 5.15. The molecule has 0 aromatic heterocycles. The van der Waals surface area contributed by atoms with Gasteiger partial charge in [0.25, 0.3) is 5.91 Å². The van der Waals surface area contributed by atoms with Crippen LogP contribution >= 0.6 is 0 Å². The van der Waals surface area contributed by atoms with Crippen LogP contribution in [-0.2, 0) is 16.0 Å². The molecule has 4 amide bonds. The number of fused-ring (bicyclic) bond motifs is 1. The Morgan fingerprint density at radius 3 is 2.21 bits per heavy atom. The van der Waals surface area contributed by atoms with Crippen molar-refractivity contribution < 1.29 is 29.4 Å². The molecule has 2 atom stereocenters. The Hall–Kier alpha value is -3.47. The van der Waals surface area contributed by atoms with Crippen molar-refractivity contribution >= 4 is 30.2 Å². The molecular weight excluding hydrogens is 490 g/mol. The standard InChI is InChI=1S/C27H39N5O6/c1-30-22(12-10-8-6-4-3-5-7-9-11-19-33)29-27(28-18-17-20-13-15-21(34)16-14-20)23(30)24(35)32(26(37)38)25(36)31(27)2/h13-16,19,23,28,34H,3-12,17-18H2,1-2H3,(H,37,38). The number of phenols is 1. The smallest absolute Gasteiger partial charge is 0.422 e. The molecule has 2 heterocycles. The lowest BCUT2D eigenvalue weighted by atomic mass is 10.0. The van der Waals surface area contributed by atoms with E-state index in [0.717, 1.165) is 63.2 Å². The molecule has 0 saturated carbocycles. The predicted molar refractivity (Wildman–Crippen MR) is 142 cm³/mol. The highest BCUT2D eigenvalue weighted by Gasteiger charge is 2.62. The van der Waals surface area contributed by atoms with Gasteiger partial charge in [-0.05, 0) is 37.0 Å². The third-order valence-electron chi connectivity index (χ3n) is 7.32. The predicted octanol–water partition coefficient (Wildman–Crippen LogP) is 3.56. The van der Waals surface area contributed by atoms with Gasteiger partial charge in [0.1, 0.15) is 17.9 Å². The molecule has 11 heteroatoms. The Balaban J connectivity index is 1.65. The number of phenolic OH excluding ortho intramolecular Hbond substituents is 1. The fraction of sp³-hybridized carbons (Fsp3) is 0.593. The van der Waals surface area contributed by atoms with Gasteiger partial charge in [-0.1, -0.05) is 50.7 Å². The second-order valence-corrected chi connectivity index (χ2v) is 9.94. The SMILES string of the molecule is CN1C(CCCCCCCCCCC=O)=NC2(NCCc3ccc(O)cc3)C1C(=O)N(C(=O)O)C(=O)N2C. The molecule has 2 aliphatic heterocycles. The molecule has 2 aliphatic rings. The molecule has 11 nitrogen and oxygen atoms in total. The molecule has 0 aliphatic carbocycles. The molecule has 1 saturated heterocycles. The number of urea groups is 1. The Labute approximate surface area is 223 Å². The van der Waals surface area contributed by atoms with Crippen molar-refractivity contribution in [2.75, 3.05) is 20.6 Å². The Kier molecular flexibility index (Phi) is 10.2. The number of hydrogen-bond donors (Lipinski definition) is 3. The lowest BCUT2D eigenvalue weighted by Gasteiger charge is -2.47. The van der Waals surface area contributed by atoms with Crippen molar-refractivity contribution in [1.29, 1.82) is 0 Å². The van der Waals surface area contributed by atoms with Crippen LogP contribution < -0.4 is 5.32 Å². The van der Waals surface area contributed by atoms with E-state index in [2.05, 4.69) is 5.32 Å². The van der Waals surface area contributed by atoms with E-state index in [0.29, 0.717) is 31.6 Å². The van der Waals surface area contributed by atoms with Crippen molar-refractivity contribution in [2.24, 2.45) is 4.99 Å². The van der Waals surface area contributed by atoms with Gasteiger partial charge in [-0.25, -0.2) is 14.6 Å². The van der Waals surface area contributed by atoms with E-state index < -0.39 is 29.9 Å². The number of rotatable bonds is 15. The van der Waals surface area contributed by atoms with E-state index in [-0.39, 0.29) is 10.6 Å². The molecule has 1 aromatic rings. The molecule has 0 radical (unpaired) electrons. The first-order valence-electron chi connectivity index (χ1n) is 13.4. The summed E-state index contributed by atoms with van der Waals surface area (Å²) in [5.41, 5.74) is 0.950. The first-order chi connectivity index (χ1) is 18.2. The van der Waals surface area contributed by atoms with Crippen LogP contribution in [0.2, 0.25) is 0 Å². The van der Waals surface area contributed by atoms with Gasteiger partial charge < -0.3 is 19.9 Å². The summed E-state index contributed by atoms with van der Waals surface area (Å²) >= 11 is 0. The monoisotopic (exact) mass is 529 g/mol. The zero-order chi connectivity index (χ0) is 27.7. The Morgan fingerprint density at radius 2 is 1.61 bits per heavy atom. The van der Waals surface area contributed by atoms with Gasteiger partial charge >= 0.3 is 12.1 Å². The van der Waals surface area contributed by atoms with Crippen molar-refractivity contribution in [3.8, 4) is 5.75 Å². The average molecular weight is 530 g/mol. The lowest BCUT2D eigenvalue weighted by molar-refractivity contribution is -0.140. The molecule has 2 unspecified atom stereocenters. The number of nitrogens with zero attached hydrogens (tertiary/aromatic N) is 4. The van der Waals surface area contributed by atoms with Crippen LogP contribution in [-0.4, -0.2) is 87.5 Å². The maximum atomic E-state index is 13.3. The highest BCUT2D eigenvalue weighted by molar-refractivity contribution is 6.13. The molecule has 3 N–H and O–H groups in total. The topological polar surface area (TPSA) is 143 Å². The van der Waals surface area contributed by atoms with Crippen LogP contribution in [0.5, 0.6) is 5.75 Å². The van der Waals surface area contributed by atoms with Crippen molar-refractivity contribution in [1.82, 2.24) is 20.0 Å². The van der Waals surface area contributed by atoms with Gasteiger partial charge in [-0.2, -0.15) is 4.90 Å². The summed E-state index contributed by atoms with van der Waals surface area (Å²) < 4.78 is 0. The van der Waals surface area contributed by atoms with Crippen LogP contribution in [0.15, 0.2) is 29.3 Å². The van der Waals surface area contributed by atoms with E-state index in [4.69, 9.17) is 4.99 Å². The van der Waals surface area contributed by atoms with E-state index in [9.17, 15) is 29.4 Å². The number of carbonyl (C=O) groups excluding carboxylic acids is 3. The number of carbonyl (C=O) groups is 4. The summed E-state index contributed by atoms with van der Waals surface area (Å²) in [6.45, 7) is 0.372. The quantitative estimate of drug-likeness (QED) is 0.231. The minimum atomic E-state index is -1.61. The number of nitrogens with one attached hydrogen (secondary N) is 1. The number of aliphatic imine (C=N–C) groups is 1. The van der Waals surface area contributed by atoms with E-state index >= 15 is 0 Å². The summed E-state index contributed by atoms with van der Waals surface area (Å²) in [4.78, 5) is 56.3. The average Bonchev–Trinajstić information content (AvgIpc) is 3.17. The van der Waals surface area contributed by atoms with Crippen molar-refractivity contribution in [3.63, 3.8) is 0 Å². The maximum Gasteiger partial charge on any atom is 0.422 e. The van der Waals surface area contributed by atoms with Gasteiger partial charge in [-0.15, -0.1) is 0 Å². The van der Waals surface area contributed by atoms with Crippen LogP contribution in [0.25, 0.3) is 0 Å². The normalized spacial score (nSPS) is 21.1. The largest absolute Gasteiger partial charge is 0.508 e. The number of aldehydes is 1. The number of imide groups is 3. The van der Waals surface area contributed by atoms with E-state index in [1.54, 1.807) is 36.2 Å². The summed E-state index contributed by atoms with van der Waals surface area (Å²) in [6, 6.07) is 4.81. The molecule has 0 bridgehead atoms. The zero-order valence-electron chi connectivity index (χ0n) is 22.3. The summed E-state index contributed by atoms with van der Waals surface area (Å²) in [5.74, 6) is -1.42. The number of amides is 4. The summed E-state index contributed by atoms with van der Waals surface area (Å²) in [5, 5.41) is 22.3. The number of aromatic hydroxyl groups is 1. The summed E-state index contributed by atoms with van der Waals surface area (Å²) in [6.07, 6.45) is 9.52. The first-order valence-corrected chi connectivity index (χ1v) is 13.4. The third kappa shape index (κ3) is 6.50. The van der Waals surface area contributed by atoms with Crippen LogP contribution in [0, 0.1) is 0 Å². The van der Waals surface area contributed by atoms with Gasteiger partial charge in [0.2, 0.25) is 5.79 Å². The van der Waals surface area contributed by atoms with E-state index in [1.165, 1.54) is 11.9 Å². The second kappa shape index (κ2) is 13.4. The summed E-state index contributed by atoms with van der Waals surface area (Å²) in [7, 11) is 3.18. The highest BCUT2D eigenvalue weighted by atomic mass is 16.4. The zero-order valence-corrected chi connectivity index (χ0v) is 22.3. The lowest BCUT2D eigenvalue weighted by Crippen LogP contribution is -2.76. The second-order valence-electron chi connectivity index (χ2n) is 9.94. The van der Waals surface area contributed by atoms with Crippen molar-refractivity contribution in [3.05, 3.63) is 29.8 Å². The van der Waals surface area contributed by atoms with Crippen LogP contribution in [0.3, 0.4) is 0 Å². The minimum Gasteiger partial charge on any atom is -0.508 e. The molecule has 1 fully saturated rings. The molecule has 1 aromatic carbocycles. The Bertz CT molecular complexity index is 1030. The van der Waals surface area contributed by atoms with E-state index in [1.807, 2.05) is 0 Å². The fourth-order valence-electron chi connectivity index (χ4n) is 5.15. The van der Waals surface area contributed by atoms with Crippen LogP contribution in [0.1, 0.15) is 69.8 Å². The highest BCUT2D eigenvalue weighted by Crippen LogP contribution is 2.35. The number of amidine groups is 1.